The smallest absolute Gasteiger partial charge is 0.263 e. The predicted octanol–water partition coefficient (Wildman–Crippen LogP) is 3.76. The van der Waals surface area contributed by atoms with Crippen molar-refractivity contribution in [3.05, 3.63) is 35.4 Å². The minimum Gasteiger partial charge on any atom is -0.313 e. The highest BCUT2D eigenvalue weighted by atomic mass is 19.3. The molecule has 0 bridgehead atoms. The molecule has 0 aromatic heterocycles. The van der Waals surface area contributed by atoms with Gasteiger partial charge in [0.05, 0.1) is 0 Å². The first kappa shape index (κ1) is 13.1. The lowest BCUT2D eigenvalue weighted by Gasteiger charge is -2.07. The van der Waals surface area contributed by atoms with Gasteiger partial charge in [-0.1, -0.05) is 38.1 Å². The first-order valence-electron chi connectivity index (χ1n) is 5.67. The highest BCUT2D eigenvalue weighted by Gasteiger charge is 2.05. The van der Waals surface area contributed by atoms with Gasteiger partial charge in [-0.15, -0.1) is 0 Å². The molecule has 0 radical (unpaired) electrons. The summed E-state index contributed by atoms with van der Waals surface area (Å²) in [5, 5.41) is 3.29. The molecule has 3 heteroatoms. The van der Waals surface area contributed by atoms with Crippen molar-refractivity contribution in [2.24, 2.45) is 5.92 Å². The van der Waals surface area contributed by atoms with E-state index in [1.807, 2.05) is 0 Å². The summed E-state index contributed by atoms with van der Waals surface area (Å²) in [6.07, 6.45) is -1.24. The molecule has 16 heavy (non-hydrogen) atoms. The van der Waals surface area contributed by atoms with E-state index in [9.17, 15) is 8.78 Å². The van der Waals surface area contributed by atoms with Gasteiger partial charge in [-0.3, -0.25) is 0 Å². The largest absolute Gasteiger partial charge is 0.313 e. The van der Waals surface area contributed by atoms with Gasteiger partial charge in [-0.05, 0) is 24.4 Å². The number of rotatable bonds is 6. The van der Waals surface area contributed by atoms with Gasteiger partial charge < -0.3 is 5.32 Å². The molecule has 0 saturated heterocycles. The van der Waals surface area contributed by atoms with Crippen LogP contribution in [-0.2, 0) is 6.54 Å². The average molecular weight is 227 g/mol. The van der Waals surface area contributed by atoms with E-state index in [4.69, 9.17) is 0 Å². The van der Waals surface area contributed by atoms with Crippen LogP contribution in [-0.4, -0.2) is 6.54 Å². The number of nitrogens with one attached hydrogen (secondary N) is 1. The molecular formula is C13H19F2N. The van der Waals surface area contributed by atoms with Crippen molar-refractivity contribution < 1.29 is 8.78 Å². The summed E-state index contributed by atoms with van der Waals surface area (Å²) >= 11 is 0. The summed E-state index contributed by atoms with van der Waals surface area (Å²) in [5.41, 5.74) is 1.14. The minimum absolute atomic E-state index is 0.0888. The van der Waals surface area contributed by atoms with E-state index >= 15 is 0 Å². The molecule has 0 unspecified atom stereocenters. The topological polar surface area (TPSA) is 12.0 Å². The van der Waals surface area contributed by atoms with Gasteiger partial charge >= 0.3 is 0 Å². The molecule has 1 N–H and O–H groups in total. The minimum atomic E-state index is -2.37. The highest BCUT2D eigenvalue weighted by Crippen LogP contribution is 2.18. The predicted molar refractivity (Wildman–Crippen MR) is 62.6 cm³/mol. The van der Waals surface area contributed by atoms with Gasteiger partial charge in [0.1, 0.15) is 0 Å². The lowest BCUT2D eigenvalue weighted by Crippen LogP contribution is -2.16. The van der Waals surface area contributed by atoms with Crippen molar-refractivity contribution in [2.75, 3.05) is 6.54 Å². The second-order valence-corrected chi connectivity index (χ2v) is 4.40. The van der Waals surface area contributed by atoms with E-state index < -0.39 is 6.43 Å². The Bertz CT molecular complexity index is 293. The zero-order valence-electron chi connectivity index (χ0n) is 9.84. The van der Waals surface area contributed by atoms with Crippen molar-refractivity contribution >= 4 is 0 Å². The molecule has 1 nitrogen and oxygen atoms in total. The molecule has 0 saturated carbocycles. The molecule has 0 spiro atoms. The molecule has 0 aliphatic heterocycles. The molecule has 90 valence electrons. The molecule has 0 fully saturated rings. The van der Waals surface area contributed by atoms with E-state index in [1.54, 1.807) is 12.1 Å². The maximum Gasteiger partial charge on any atom is 0.263 e. The third kappa shape index (κ3) is 4.71. The van der Waals surface area contributed by atoms with Crippen LogP contribution in [0, 0.1) is 5.92 Å². The fourth-order valence-corrected chi connectivity index (χ4v) is 1.40. The number of halogens is 2. The Morgan fingerprint density at radius 1 is 1.12 bits per heavy atom. The van der Waals surface area contributed by atoms with Gasteiger partial charge in [0.25, 0.3) is 6.43 Å². The lowest BCUT2D eigenvalue weighted by molar-refractivity contribution is 0.151. The number of hydrogen-bond donors (Lipinski definition) is 1. The molecule has 0 atom stereocenters. The van der Waals surface area contributed by atoms with Crippen LogP contribution in [0.4, 0.5) is 8.78 Å². The van der Waals surface area contributed by atoms with Crippen LogP contribution in [0.3, 0.4) is 0 Å². The first-order chi connectivity index (χ1) is 7.59. The molecule has 0 amide bonds. The maximum absolute atomic E-state index is 12.3. The highest BCUT2D eigenvalue weighted by molar-refractivity contribution is 5.23. The van der Waals surface area contributed by atoms with Crippen LogP contribution in [0.15, 0.2) is 24.3 Å². The lowest BCUT2D eigenvalue weighted by atomic mass is 10.1. The van der Waals surface area contributed by atoms with Crippen molar-refractivity contribution in [1.29, 1.82) is 0 Å². The second-order valence-electron chi connectivity index (χ2n) is 4.40. The van der Waals surface area contributed by atoms with Crippen LogP contribution in [0.5, 0.6) is 0 Å². The number of hydrogen-bond acceptors (Lipinski definition) is 1. The Morgan fingerprint density at radius 2 is 1.75 bits per heavy atom. The fraction of sp³-hybridized carbons (Fsp3) is 0.538. The molecule has 0 aliphatic carbocycles. The summed E-state index contributed by atoms with van der Waals surface area (Å²) in [6.45, 7) is 6.07. The number of benzene rings is 1. The van der Waals surface area contributed by atoms with Crippen LogP contribution < -0.4 is 5.32 Å². The third-order valence-electron chi connectivity index (χ3n) is 2.46. The van der Waals surface area contributed by atoms with Crippen molar-refractivity contribution in [3.63, 3.8) is 0 Å². The van der Waals surface area contributed by atoms with Crippen molar-refractivity contribution in [2.45, 2.75) is 33.2 Å². The van der Waals surface area contributed by atoms with E-state index in [-0.39, 0.29) is 5.56 Å². The Hall–Kier alpha value is -0.960. The Labute approximate surface area is 95.9 Å². The number of alkyl halides is 2. The van der Waals surface area contributed by atoms with E-state index in [0.29, 0.717) is 5.92 Å². The van der Waals surface area contributed by atoms with Crippen molar-refractivity contribution in [3.8, 4) is 0 Å². The monoisotopic (exact) mass is 227 g/mol. The summed E-state index contributed by atoms with van der Waals surface area (Å²) < 4.78 is 24.6. The fourth-order valence-electron chi connectivity index (χ4n) is 1.40. The Morgan fingerprint density at radius 3 is 2.25 bits per heavy atom. The molecule has 0 aliphatic rings. The van der Waals surface area contributed by atoms with Gasteiger partial charge in [0.2, 0.25) is 0 Å². The van der Waals surface area contributed by atoms with E-state index in [1.165, 1.54) is 12.1 Å². The standard InChI is InChI=1S/C13H19F2N/c1-10(2)7-8-16-9-11-3-5-12(6-4-11)13(14)15/h3-6,10,13,16H,7-9H2,1-2H3. The van der Waals surface area contributed by atoms with Crippen LogP contribution in [0.25, 0.3) is 0 Å². The van der Waals surface area contributed by atoms with Gasteiger partial charge in [-0.2, -0.15) is 0 Å². The van der Waals surface area contributed by atoms with Crippen LogP contribution in [0.2, 0.25) is 0 Å². The SMILES string of the molecule is CC(C)CCNCc1ccc(C(F)F)cc1. The normalized spacial score (nSPS) is 11.4. The maximum atomic E-state index is 12.3. The van der Waals surface area contributed by atoms with E-state index in [0.717, 1.165) is 25.1 Å². The Balaban J connectivity index is 2.32. The summed E-state index contributed by atoms with van der Waals surface area (Å²) in [6, 6.07) is 6.49. The molecule has 1 rings (SSSR count). The first-order valence-corrected chi connectivity index (χ1v) is 5.67. The van der Waals surface area contributed by atoms with Gasteiger partial charge in [-0.25, -0.2) is 8.78 Å². The zero-order chi connectivity index (χ0) is 12.0. The quantitative estimate of drug-likeness (QED) is 0.730. The summed E-state index contributed by atoms with van der Waals surface area (Å²) in [7, 11) is 0. The van der Waals surface area contributed by atoms with Crippen LogP contribution >= 0.6 is 0 Å². The third-order valence-corrected chi connectivity index (χ3v) is 2.46. The molecular weight excluding hydrogens is 208 g/mol. The summed E-state index contributed by atoms with van der Waals surface area (Å²) in [4.78, 5) is 0. The second kappa shape index (κ2) is 6.59. The van der Waals surface area contributed by atoms with Crippen LogP contribution in [0.1, 0.15) is 37.8 Å². The molecule has 1 aromatic rings. The summed E-state index contributed by atoms with van der Waals surface area (Å²) in [5.74, 6) is 0.689. The van der Waals surface area contributed by atoms with E-state index in [2.05, 4.69) is 19.2 Å². The molecule has 1 aromatic carbocycles. The van der Waals surface area contributed by atoms with Gasteiger partial charge in [0.15, 0.2) is 0 Å². The molecule has 0 heterocycles. The zero-order valence-corrected chi connectivity index (χ0v) is 9.84. The average Bonchev–Trinajstić information content (AvgIpc) is 2.25. The van der Waals surface area contributed by atoms with Gasteiger partial charge in [0, 0.05) is 12.1 Å². The Kier molecular flexibility index (Phi) is 5.39. The van der Waals surface area contributed by atoms with Crippen molar-refractivity contribution in [1.82, 2.24) is 5.32 Å².